The third-order valence-corrected chi connectivity index (χ3v) is 3.52. The number of rotatable bonds is 3. The van der Waals surface area contributed by atoms with Gasteiger partial charge in [0.05, 0.1) is 12.0 Å². The van der Waals surface area contributed by atoms with Crippen molar-refractivity contribution in [2.45, 2.75) is 26.4 Å². The average Bonchev–Trinajstić information content (AvgIpc) is 2.79. The van der Waals surface area contributed by atoms with Gasteiger partial charge in [0.15, 0.2) is 10.8 Å². The Morgan fingerprint density at radius 2 is 1.86 bits per heavy atom. The lowest BCUT2D eigenvalue weighted by Gasteiger charge is -2.19. The van der Waals surface area contributed by atoms with E-state index >= 15 is 0 Å². The summed E-state index contributed by atoms with van der Waals surface area (Å²) in [4.78, 5) is 17.0. The van der Waals surface area contributed by atoms with Gasteiger partial charge in [-0.1, -0.05) is 11.3 Å². The number of nitrogens with zero attached hydrogens (tertiary/aromatic N) is 1. The Kier molecular flexibility index (Phi) is 4.18. The summed E-state index contributed by atoms with van der Waals surface area (Å²) in [6, 6.07) is 7.37. The van der Waals surface area contributed by atoms with Crippen molar-refractivity contribution < 1.29 is 14.3 Å². The van der Waals surface area contributed by atoms with Gasteiger partial charge >= 0.3 is 5.97 Å². The van der Waals surface area contributed by atoms with Gasteiger partial charge in [0.1, 0.15) is 11.4 Å². The fraction of sp³-hybridized carbons (Fsp3) is 0.333. The fourth-order valence-electron chi connectivity index (χ4n) is 1.74. The van der Waals surface area contributed by atoms with Gasteiger partial charge in [0.2, 0.25) is 0 Å². The molecule has 0 bridgehead atoms. The van der Waals surface area contributed by atoms with Crippen molar-refractivity contribution >= 4 is 22.4 Å². The summed E-state index contributed by atoms with van der Waals surface area (Å²) in [6.45, 7) is 5.44. The average molecular weight is 306 g/mol. The summed E-state index contributed by atoms with van der Waals surface area (Å²) < 4.78 is 10.5. The highest BCUT2D eigenvalue weighted by atomic mass is 32.1. The normalized spacial score (nSPS) is 11.2. The highest BCUT2D eigenvalue weighted by Crippen LogP contribution is 2.33. The number of carbonyl (C=O) groups is 1. The molecule has 6 heteroatoms. The standard InChI is InChI=1S/C15H18N2O3S/c1-15(2,3)20-13(18)11-12(21-14(16)17-11)9-5-7-10(19-4)8-6-9/h5-8H,1-4H3,(H2,16,17). The number of ether oxygens (including phenoxy) is 2. The molecule has 2 aromatic rings. The minimum absolute atomic E-state index is 0.248. The monoisotopic (exact) mass is 306 g/mol. The van der Waals surface area contributed by atoms with E-state index in [1.54, 1.807) is 7.11 Å². The molecule has 21 heavy (non-hydrogen) atoms. The van der Waals surface area contributed by atoms with Gasteiger partial charge in [-0.3, -0.25) is 0 Å². The lowest BCUT2D eigenvalue weighted by atomic mass is 10.1. The van der Waals surface area contributed by atoms with Crippen molar-refractivity contribution in [3.05, 3.63) is 30.0 Å². The van der Waals surface area contributed by atoms with E-state index in [0.717, 1.165) is 11.3 Å². The number of aromatic nitrogens is 1. The molecule has 1 heterocycles. The van der Waals surface area contributed by atoms with Crippen LogP contribution in [0.1, 0.15) is 31.3 Å². The maximum atomic E-state index is 12.2. The molecule has 0 radical (unpaired) electrons. The zero-order valence-corrected chi connectivity index (χ0v) is 13.3. The number of nitrogen functional groups attached to an aromatic ring is 1. The Morgan fingerprint density at radius 1 is 1.24 bits per heavy atom. The second-order valence-corrected chi connectivity index (χ2v) is 6.49. The van der Waals surface area contributed by atoms with Crippen LogP contribution in [0.25, 0.3) is 10.4 Å². The summed E-state index contributed by atoms with van der Waals surface area (Å²) in [5.41, 5.74) is 6.27. The molecular weight excluding hydrogens is 288 g/mol. The molecule has 0 unspecified atom stereocenters. The Bertz CT molecular complexity index is 642. The predicted octanol–water partition coefficient (Wildman–Crippen LogP) is 3.36. The Hall–Kier alpha value is -2.08. The maximum absolute atomic E-state index is 12.2. The predicted molar refractivity (Wildman–Crippen MR) is 83.7 cm³/mol. The van der Waals surface area contributed by atoms with Gasteiger partial charge < -0.3 is 15.2 Å². The van der Waals surface area contributed by atoms with E-state index in [0.29, 0.717) is 10.0 Å². The first-order valence-electron chi connectivity index (χ1n) is 6.44. The van der Waals surface area contributed by atoms with Crippen molar-refractivity contribution in [1.82, 2.24) is 4.98 Å². The van der Waals surface area contributed by atoms with Gasteiger partial charge in [-0.05, 0) is 50.6 Å². The summed E-state index contributed by atoms with van der Waals surface area (Å²) in [5.74, 6) is 0.274. The highest BCUT2D eigenvalue weighted by Gasteiger charge is 2.24. The van der Waals surface area contributed by atoms with Crippen molar-refractivity contribution in [1.29, 1.82) is 0 Å². The number of nitrogens with two attached hydrogens (primary N) is 1. The second-order valence-electron chi connectivity index (χ2n) is 5.46. The van der Waals surface area contributed by atoms with Crippen molar-refractivity contribution in [2.75, 3.05) is 12.8 Å². The molecule has 0 amide bonds. The molecule has 2 rings (SSSR count). The molecule has 0 atom stereocenters. The van der Waals surface area contributed by atoms with Crippen molar-refractivity contribution in [2.24, 2.45) is 0 Å². The molecule has 0 aliphatic rings. The minimum atomic E-state index is -0.577. The van der Waals surface area contributed by atoms with Gasteiger partial charge in [-0.15, -0.1) is 0 Å². The molecular formula is C15H18N2O3S. The van der Waals surface area contributed by atoms with E-state index in [9.17, 15) is 4.79 Å². The summed E-state index contributed by atoms with van der Waals surface area (Å²) in [5, 5.41) is 0.335. The molecule has 5 nitrogen and oxygen atoms in total. The molecule has 2 N–H and O–H groups in total. The number of anilines is 1. The smallest absolute Gasteiger partial charge is 0.359 e. The van der Waals surface area contributed by atoms with Gasteiger partial charge in [0.25, 0.3) is 0 Å². The van der Waals surface area contributed by atoms with E-state index in [4.69, 9.17) is 15.2 Å². The molecule has 0 aliphatic heterocycles. The Balaban J connectivity index is 2.38. The molecule has 0 saturated heterocycles. The Labute approximate surface area is 127 Å². The van der Waals surface area contributed by atoms with Gasteiger partial charge in [0, 0.05) is 0 Å². The Morgan fingerprint density at radius 3 is 2.38 bits per heavy atom. The third kappa shape index (κ3) is 3.72. The first-order chi connectivity index (χ1) is 9.80. The third-order valence-electron chi connectivity index (χ3n) is 2.59. The first kappa shape index (κ1) is 15.3. The van der Waals surface area contributed by atoms with Crippen LogP contribution in [0.3, 0.4) is 0 Å². The molecule has 0 fully saturated rings. The highest BCUT2D eigenvalue weighted by molar-refractivity contribution is 7.19. The molecule has 0 saturated carbocycles. The van der Waals surface area contributed by atoms with E-state index in [2.05, 4.69) is 4.98 Å². The number of hydrogen-bond acceptors (Lipinski definition) is 6. The minimum Gasteiger partial charge on any atom is -0.497 e. The van der Waals surface area contributed by atoms with Crippen molar-refractivity contribution in [3.8, 4) is 16.2 Å². The van der Waals surface area contributed by atoms with E-state index in [-0.39, 0.29) is 5.69 Å². The quantitative estimate of drug-likeness (QED) is 0.880. The number of methoxy groups -OCH3 is 1. The lowest BCUT2D eigenvalue weighted by molar-refractivity contribution is 0.00647. The van der Waals surface area contributed by atoms with E-state index in [1.807, 2.05) is 45.0 Å². The first-order valence-corrected chi connectivity index (χ1v) is 7.26. The number of benzene rings is 1. The molecule has 0 spiro atoms. The SMILES string of the molecule is COc1ccc(-c2sc(N)nc2C(=O)OC(C)(C)C)cc1. The molecule has 1 aromatic carbocycles. The van der Waals surface area contributed by atoms with E-state index in [1.165, 1.54) is 11.3 Å². The molecule has 112 valence electrons. The van der Waals surface area contributed by atoms with Crippen LogP contribution >= 0.6 is 11.3 Å². The number of carbonyl (C=O) groups excluding carboxylic acids is 1. The summed E-state index contributed by atoms with van der Waals surface area (Å²) in [6.07, 6.45) is 0. The maximum Gasteiger partial charge on any atom is 0.359 e. The van der Waals surface area contributed by atoms with Crippen LogP contribution in [-0.2, 0) is 4.74 Å². The largest absolute Gasteiger partial charge is 0.497 e. The summed E-state index contributed by atoms with van der Waals surface area (Å²) >= 11 is 1.26. The van der Waals surface area contributed by atoms with Crippen LogP contribution in [0.15, 0.2) is 24.3 Å². The molecule has 1 aromatic heterocycles. The molecule has 0 aliphatic carbocycles. The van der Waals surface area contributed by atoms with Crippen molar-refractivity contribution in [3.63, 3.8) is 0 Å². The lowest BCUT2D eigenvalue weighted by Crippen LogP contribution is -2.24. The summed E-state index contributed by atoms with van der Waals surface area (Å²) in [7, 11) is 1.60. The zero-order chi connectivity index (χ0) is 15.6. The van der Waals surface area contributed by atoms with E-state index < -0.39 is 11.6 Å². The number of thiazole rings is 1. The number of esters is 1. The topological polar surface area (TPSA) is 74.4 Å². The van der Waals surface area contributed by atoms with Gasteiger partial charge in [-0.2, -0.15) is 0 Å². The van der Waals surface area contributed by atoms with Crippen LogP contribution < -0.4 is 10.5 Å². The van der Waals surface area contributed by atoms with Crippen LogP contribution in [0.5, 0.6) is 5.75 Å². The van der Waals surface area contributed by atoms with Crippen LogP contribution in [-0.4, -0.2) is 23.7 Å². The number of hydrogen-bond donors (Lipinski definition) is 1. The van der Waals surface area contributed by atoms with Crippen LogP contribution in [0, 0.1) is 0 Å². The fourth-order valence-corrected chi connectivity index (χ4v) is 2.57. The van der Waals surface area contributed by atoms with Crippen LogP contribution in [0.4, 0.5) is 5.13 Å². The zero-order valence-electron chi connectivity index (χ0n) is 12.5. The second kappa shape index (κ2) is 5.73. The van der Waals surface area contributed by atoms with Crippen LogP contribution in [0.2, 0.25) is 0 Å². The van der Waals surface area contributed by atoms with Gasteiger partial charge in [-0.25, -0.2) is 9.78 Å².